The molecule has 1 aliphatic heterocycles. The van der Waals surface area contributed by atoms with Crippen LogP contribution in [0.4, 0.5) is 11.4 Å². The van der Waals surface area contributed by atoms with E-state index in [0.29, 0.717) is 35.2 Å². The summed E-state index contributed by atoms with van der Waals surface area (Å²) >= 11 is 3.35. The Labute approximate surface area is 185 Å². The molecular formula is C22H25BrN2O4S. The van der Waals surface area contributed by atoms with E-state index in [2.05, 4.69) is 21.2 Å². The summed E-state index contributed by atoms with van der Waals surface area (Å²) < 4.78 is 26.3. The van der Waals surface area contributed by atoms with Gasteiger partial charge in [-0.2, -0.15) is 0 Å². The smallest absolute Gasteiger partial charge is 0.226 e. The van der Waals surface area contributed by atoms with Crippen molar-refractivity contribution in [1.29, 1.82) is 0 Å². The summed E-state index contributed by atoms with van der Waals surface area (Å²) in [5.41, 5.74) is 4.40. The van der Waals surface area contributed by atoms with Gasteiger partial charge in [-0.05, 0) is 77.2 Å². The molecule has 2 aromatic carbocycles. The Morgan fingerprint density at radius 2 is 1.87 bits per heavy atom. The molecule has 0 unspecified atom stereocenters. The van der Waals surface area contributed by atoms with Gasteiger partial charge in [0.25, 0.3) is 0 Å². The quantitative estimate of drug-likeness (QED) is 0.655. The first-order valence-electron chi connectivity index (χ1n) is 9.85. The van der Waals surface area contributed by atoms with Crippen LogP contribution in [0.15, 0.2) is 39.7 Å². The summed E-state index contributed by atoms with van der Waals surface area (Å²) in [4.78, 5) is 26.2. The van der Waals surface area contributed by atoms with Gasteiger partial charge in [0.1, 0.15) is 0 Å². The molecule has 0 fully saturated rings. The number of sulfone groups is 1. The third kappa shape index (κ3) is 4.75. The highest BCUT2D eigenvalue weighted by Crippen LogP contribution is 2.36. The number of benzene rings is 2. The standard InChI is InChI=1S/C22H25BrN2O4S/c1-4-22(27)25-9-7-16-12-18(23)20(13-19(16)25)30(28,29)10-8-21(26)24-17-6-5-14(2)15(3)11-17/h5-6,11-13H,4,7-10H2,1-3H3,(H,24,26). The predicted molar refractivity (Wildman–Crippen MR) is 122 cm³/mol. The van der Waals surface area contributed by atoms with Crippen LogP contribution in [0.3, 0.4) is 0 Å². The number of carbonyl (C=O) groups excluding carboxylic acids is 2. The number of carbonyl (C=O) groups is 2. The molecule has 2 amide bonds. The number of halogens is 1. The van der Waals surface area contributed by atoms with E-state index in [-0.39, 0.29) is 28.9 Å². The van der Waals surface area contributed by atoms with Crippen molar-refractivity contribution in [2.45, 2.75) is 44.9 Å². The zero-order valence-corrected chi connectivity index (χ0v) is 19.7. The minimum absolute atomic E-state index is 0.0350. The molecule has 160 valence electrons. The summed E-state index contributed by atoms with van der Waals surface area (Å²) in [5, 5.41) is 2.75. The van der Waals surface area contributed by atoms with Gasteiger partial charge in [-0.25, -0.2) is 8.42 Å². The van der Waals surface area contributed by atoms with Gasteiger partial charge >= 0.3 is 0 Å². The zero-order chi connectivity index (χ0) is 22.1. The van der Waals surface area contributed by atoms with Crippen LogP contribution in [0.1, 0.15) is 36.5 Å². The number of amides is 2. The largest absolute Gasteiger partial charge is 0.326 e. The van der Waals surface area contributed by atoms with Crippen molar-refractivity contribution in [3.63, 3.8) is 0 Å². The van der Waals surface area contributed by atoms with E-state index in [9.17, 15) is 18.0 Å². The molecule has 2 aromatic rings. The van der Waals surface area contributed by atoms with Gasteiger partial charge < -0.3 is 10.2 Å². The van der Waals surface area contributed by atoms with Gasteiger partial charge in [0, 0.05) is 35.2 Å². The molecule has 0 atom stereocenters. The van der Waals surface area contributed by atoms with Crippen LogP contribution in [-0.4, -0.2) is 32.5 Å². The molecule has 0 aromatic heterocycles. The minimum Gasteiger partial charge on any atom is -0.326 e. The summed E-state index contributed by atoms with van der Waals surface area (Å²) in [6.07, 6.45) is 0.894. The molecule has 30 heavy (non-hydrogen) atoms. The number of nitrogens with one attached hydrogen (secondary N) is 1. The van der Waals surface area contributed by atoms with E-state index in [1.54, 1.807) is 30.0 Å². The second kappa shape index (κ2) is 8.89. The molecular weight excluding hydrogens is 468 g/mol. The molecule has 6 nitrogen and oxygen atoms in total. The lowest BCUT2D eigenvalue weighted by Gasteiger charge is -2.18. The summed E-state index contributed by atoms with van der Waals surface area (Å²) in [5.74, 6) is -0.711. The highest BCUT2D eigenvalue weighted by molar-refractivity contribution is 9.10. The van der Waals surface area contributed by atoms with Gasteiger partial charge in [-0.1, -0.05) is 13.0 Å². The van der Waals surface area contributed by atoms with Crippen molar-refractivity contribution in [2.24, 2.45) is 0 Å². The van der Waals surface area contributed by atoms with Crippen molar-refractivity contribution < 1.29 is 18.0 Å². The lowest BCUT2D eigenvalue weighted by molar-refractivity contribution is -0.118. The van der Waals surface area contributed by atoms with Crippen LogP contribution in [0.2, 0.25) is 0 Å². The maximum Gasteiger partial charge on any atom is 0.226 e. The van der Waals surface area contributed by atoms with Crippen molar-refractivity contribution >= 4 is 49.0 Å². The predicted octanol–water partition coefficient (Wildman–Crippen LogP) is 4.17. The summed E-state index contributed by atoms with van der Waals surface area (Å²) in [6, 6.07) is 8.88. The van der Waals surface area contributed by atoms with E-state index in [1.807, 2.05) is 26.0 Å². The first-order chi connectivity index (χ1) is 14.1. The Morgan fingerprint density at radius 3 is 2.53 bits per heavy atom. The molecule has 0 bridgehead atoms. The van der Waals surface area contributed by atoms with E-state index >= 15 is 0 Å². The highest BCUT2D eigenvalue weighted by Gasteiger charge is 2.28. The summed E-state index contributed by atoms with van der Waals surface area (Å²) in [6.45, 7) is 6.27. The number of hydrogen-bond acceptors (Lipinski definition) is 4. The lowest BCUT2D eigenvalue weighted by Crippen LogP contribution is -2.28. The first kappa shape index (κ1) is 22.5. The van der Waals surface area contributed by atoms with Crippen molar-refractivity contribution in [2.75, 3.05) is 22.5 Å². The molecule has 0 aliphatic carbocycles. The molecule has 0 saturated heterocycles. The van der Waals surface area contributed by atoms with Crippen LogP contribution >= 0.6 is 15.9 Å². The fourth-order valence-corrected chi connectivity index (χ4v) is 5.91. The van der Waals surface area contributed by atoms with Crippen LogP contribution < -0.4 is 10.2 Å². The van der Waals surface area contributed by atoms with Crippen molar-refractivity contribution in [3.8, 4) is 0 Å². The number of nitrogens with zero attached hydrogens (tertiary/aromatic N) is 1. The second-order valence-corrected chi connectivity index (χ2v) is 10.4. The van der Waals surface area contributed by atoms with Gasteiger partial charge in [-0.3, -0.25) is 9.59 Å². The van der Waals surface area contributed by atoms with Gasteiger partial charge in [0.2, 0.25) is 11.8 Å². The second-order valence-electron chi connectivity index (χ2n) is 7.48. The molecule has 0 radical (unpaired) electrons. The Kier molecular flexibility index (Phi) is 6.67. The van der Waals surface area contributed by atoms with Crippen molar-refractivity contribution in [3.05, 3.63) is 51.5 Å². The summed E-state index contributed by atoms with van der Waals surface area (Å²) in [7, 11) is -3.72. The molecule has 1 N–H and O–H groups in total. The highest BCUT2D eigenvalue weighted by atomic mass is 79.9. The minimum atomic E-state index is -3.72. The molecule has 0 saturated carbocycles. The molecule has 3 rings (SSSR count). The average molecular weight is 493 g/mol. The van der Waals surface area contributed by atoms with E-state index in [0.717, 1.165) is 16.7 Å². The van der Waals surface area contributed by atoms with E-state index in [1.165, 1.54) is 0 Å². The maximum atomic E-state index is 12.9. The number of aryl methyl sites for hydroxylation is 2. The van der Waals surface area contributed by atoms with E-state index < -0.39 is 9.84 Å². The molecule has 8 heteroatoms. The van der Waals surface area contributed by atoms with Gasteiger partial charge in [0.15, 0.2) is 9.84 Å². The Bertz CT molecular complexity index is 1110. The van der Waals surface area contributed by atoms with Crippen LogP contribution in [-0.2, 0) is 25.8 Å². The molecule has 1 aliphatic rings. The normalized spacial score (nSPS) is 13.3. The maximum absolute atomic E-state index is 12.9. The first-order valence-corrected chi connectivity index (χ1v) is 12.3. The van der Waals surface area contributed by atoms with Crippen LogP contribution in [0, 0.1) is 13.8 Å². The third-order valence-electron chi connectivity index (χ3n) is 5.36. The Morgan fingerprint density at radius 1 is 1.13 bits per heavy atom. The molecule has 1 heterocycles. The number of fused-ring (bicyclic) bond motifs is 1. The number of hydrogen-bond donors (Lipinski definition) is 1. The topological polar surface area (TPSA) is 83.6 Å². The average Bonchev–Trinajstić information content (AvgIpc) is 3.10. The fraction of sp³-hybridized carbons (Fsp3) is 0.364. The Balaban J connectivity index is 1.75. The SMILES string of the molecule is CCC(=O)N1CCc2cc(Br)c(S(=O)(=O)CCC(=O)Nc3ccc(C)c(C)c3)cc21. The fourth-order valence-electron chi connectivity index (χ4n) is 3.46. The van der Waals surface area contributed by atoms with Gasteiger partial charge in [0.05, 0.1) is 10.6 Å². The van der Waals surface area contributed by atoms with Crippen LogP contribution in [0.25, 0.3) is 0 Å². The monoisotopic (exact) mass is 492 g/mol. The van der Waals surface area contributed by atoms with Gasteiger partial charge in [-0.15, -0.1) is 0 Å². The molecule has 0 spiro atoms. The zero-order valence-electron chi connectivity index (χ0n) is 17.3. The number of rotatable bonds is 6. The third-order valence-corrected chi connectivity index (χ3v) is 8.02. The van der Waals surface area contributed by atoms with Crippen LogP contribution in [0.5, 0.6) is 0 Å². The number of anilines is 2. The lowest BCUT2D eigenvalue weighted by atomic mass is 10.1. The van der Waals surface area contributed by atoms with Crippen molar-refractivity contribution in [1.82, 2.24) is 0 Å². The van der Waals surface area contributed by atoms with E-state index in [4.69, 9.17) is 0 Å². The Hall–Kier alpha value is -2.19.